The van der Waals surface area contributed by atoms with Crippen molar-refractivity contribution in [2.45, 2.75) is 6.04 Å². The number of rotatable bonds is 3. The number of halogens is 1. The van der Waals surface area contributed by atoms with Crippen LogP contribution in [0.5, 0.6) is 0 Å². The first-order valence-corrected chi connectivity index (χ1v) is 8.74. The molecular formula is C22H17ClN2O. The molecule has 3 aromatic rings. The maximum Gasteiger partial charge on any atom is 0.261 e. The molecule has 3 aromatic carbocycles. The maximum absolute atomic E-state index is 13.3. The average Bonchev–Trinajstić information content (AvgIpc) is 2.94. The number of para-hydroxylation sites is 1. The zero-order chi connectivity index (χ0) is 18.1. The van der Waals surface area contributed by atoms with Crippen molar-refractivity contribution >= 4 is 28.8 Å². The molecule has 0 aliphatic carbocycles. The number of hydrogen-bond donors (Lipinski definition) is 1. The molecule has 0 aromatic heterocycles. The lowest BCUT2D eigenvalue weighted by Crippen LogP contribution is -2.30. The van der Waals surface area contributed by atoms with E-state index in [2.05, 4.69) is 0 Å². The minimum Gasteiger partial charge on any atom is -0.399 e. The summed E-state index contributed by atoms with van der Waals surface area (Å²) in [6, 6.07) is 26.3. The molecule has 1 aliphatic heterocycles. The van der Waals surface area contributed by atoms with E-state index < -0.39 is 0 Å². The zero-order valence-corrected chi connectivity index (χ0v) is 14.7. The second kappa shape index (κ2) is 6.70. The second-order valence-electron chi connectivity index (χ2n) is 6.16. The number of nitrogens with zero attached hydrogens (tertiary/aromatic N) is 1. The van der Waals surface area contributed by atoms with Crippen molar-refractivity contribution in [3.8, 4) is 0 Å². The predicted molar refractivity (Wildman–Crippen MR) is 106 cm³/mol. The Labute approximate surface area is 157 Å². The number of anilines is 1. The molecule has 26 heavy (non-hydrogen) atoms. The van der Waals surface area contributed by atoms with Gasteiger partial charge < -0.3 is 5.73 Å². The number of hydrogen-bond acceptors (Lipinski definition) is 2. The first-order valence-electron chi connectivity index (χ1n) is 8.36. The van der Waals surface area contributed by atoms with Crippen molar-refractivity contribution in [2.24, 2.45) is 5.73 Å². The van der Waals surface area contributed by atoms with Gasteiger partial charge in [0.2, 0.25) is 0 Å². The van der Waals surface area contributed by atoms with Gasteiger partial charge in [0.1, 0.15) is 6.04 Å². The molecule has 1 amide bonds. The van der Waals surface area contributed by atoms with Gasteiger partial charge in [0, 0.05) is 16.4 Å². The number of benzene rings is 3. The smallest absolute Gasteiger partial charge is 0.261 e. The SMILES string of the molecule is NC1=C(c2ccccc2)C(=O)N(c2ccccc2)C1c1ccc(Cl)cc1. The van der Waals surface area contributed by atoms with Gasteiger partial charge in [0.15, 0.2) is 0 Å². The van der Waals surface area contributed by atoms with Crippen LogP contribution in [-0.4, -0.2) is 5.91 Å². The number of amides is 1. The van der Waals surface area contributed by atoms with Crippen molar-refractivity contribution in [1.82, 2.24) is 0 Å². The largest absolute Gasteiger partial charge is 0.399 e. The minimum absolute atomic E-state index is 0.0974. The molecule has 1 aliphatic rings. The molecule has 0 radical (unpaired) electrons. The van der Waals surface area contributed by atoms with Crippen LogP contribution in [0.4, 0.5) is 5.69 Å². The molecule has 0 fully saturated rings. The molecule has 2 N–H and O–H groups in total. The van der Waals surface area contributed by atoms with Gasteiger partial charge in [-0.25, -0.2) is 0 Å². The predicted octanol–water partition coefficient (Wildman–Crippen LogP) is 4.80. The number of nitrogens with two attached hydrogens (primary N) is 1. The first-order chi connectivity index (χ1) is 12.7. The Kier molecular flexibility index (Phi) is 4.23. The molecule has 1 heterocycles. The Morgan fingerprint density at radius 1 is 0.808 bits per heavy atom. The van der Waals surface area contributed by atoms with Crippen molar-refractivity contribution in [2.75, 3.05) is 4.90 Å². The minimum atomic E-state index is -0.364. The van der Waals surface area contributed by atoms with E-state index in [1.54, 1.807) is 4.90 Å². The lowest BCUT2D eigenvalue weighted by atomic mass is 10.00. The third-order valence-corrected chi connectivity index (χ3v) is 4.81. The Bertz CT molecular complexity index is 966. The Morgan fingerprint density at radius 3 is 2.00 bits per heavy atom. The van der Waals surface area contributed by atoms with Crippen LogP contribution in [0.25, 0.3) is 5.57 Å². The van der Waals surface area contributed by atoms with Crippen LogP contribution in [-0.2, 0) is 4.79 Å². The van der Waals surface area contributed by atoms with Crippen molar-refractivity contribution in [3.63, 3.8) is 0 Å². The second-order valence-corrected chi connectivity index (χ2v) is 6.60. The molecular weight excluding hydrogens is 344 g/mol. The lowest BCUT2D eigenvalue weighted by Gasteiger charge is -2.26. The van der Waals surface area contributed by atoms with E-state index in [0.717, 1.165) is 16.8 Å². The third-order valence-electron chi connectivity index (χ3n) is 4.56. The highest BCUT2D eigenvalue weighted by Crippen LogP contribution is 2.42. The molecule has 4 rings (SSSR count). The fourth-order valence-corrected chi connectivity index (χ4v) is 3.49. The molecule has 4 heteroatoms. The van der Waals surface area contributed by atoms with Crippen LogP contribution in [0.3, 0.4) is 0 Å². The lowest BCUT2D eigenvalue weighted by molar-refractivity contribution is -0.113. The van der Waals surface area contributed by atoms with Crippen LogP contribution in [0.2, 0.25) is 5.02 Å². The summed E-state index contributed by atoms with van der Waals surface area (Å²) >= 11 is 6.04. The molecule has 0 spiro atoms. The highest BCUT2D eigenvalue weighted by Gasteiger charge is 2.40. The van der Waals surface area contributed by atoms with Crippen molar-refractivity contribution in [3.05, 3.63) is 107 Å². The summed E-state index contributed by atoms with van der Waals surface area (Å²) in [5, 5.41) is 0.648. The number of carbonyl (C=O) groups excluding carboxylic acids is 1. The van der Waals surface area contributed by atoms with E-state index in [1.807, 2.05) is 84.9 Å². The summed E-state index contributed by atoms with van der Waals surface area (Å²) in [6.45, 7) is 0. The molecule has 1 atom stereocenters. The van der Waals surface area contributed by atoms with Crippen LogP contribution in [0.15, 0.2) is 90.6 Å². The summed E-state index contributed by atoms with van der Waals surface area (Å²) in [5.41, 5.74) is 10.2. The van der Waals surface area contributed by atoms with Gasteiger partial charge in [-0.3, -0.25) is 9.69 Å². The van der Waals surface area contributed by atoms with Gasteiger partial charge in [-0.05, 0) is 35.4 Å². The molecule has 1 unspecified atom stereocenters. The fraction of sp³-hybridized carbons (Fsp3) is 0.0455. The van der Waals surface area contributed by atoms with Gasteiger partial charge in [0.05, 0.1) is 5.57 Å². The van der Waals surface area contributed by atoms with E-state index in [1.165, 1.54) is 0 Å². The van der Waals surface area contributed by atoms with E-state index in [4.69, 9.17) is 17.3 Å². The Balaban J connectivity index is 1.89. The van der Waals surface area contributed by atoms with Crippen LogP contribution >= 0.6 is 11.6 Å². The molecule has 0 saturated carbocycles. The van der Waals surface area contributed by atoms with Crippen LogP contribution in [0.1, 0.15) is 17.2 Å². The number of carbonyl (C=O) groups is 1. The van der Waals surface area contributed by atoms with Gasteiger partial charge in [0.25, 0.3) is 5.91 Å². The van der Waals surface area contributed by atoms with Gasteiger partial charge in [-0.2, -0.15) is 0 Å². The summed E-state index contributed by atoms with van der Waals surface area (Å²) < 4.78 is 0. The highest BCUT2D eigenvalue weighted by atomic mass is 35.5. The normalized spacial score (nSPS) is 17.0. The Hall–Kier alpha value is -3.04. The molecule has 0 bridgehead atoms. The summed E-state index contributed by atoms with van der Waals surface area (Å²) in [7, 11) is 0. The van der Waals surface area contributed by atoms with E-state index in [9.17, 15) is 4.79 Å². The van der Waals surface area contributed by atoms with Gasteiger partial charge >= 0.3 is 0 Å². The average molecular weight is 361 g/mol. The standard InChI is InChI=1S/C22H17ClN2O/c23-17-13-11-16(12-14-17)21-20(24)19(15-7-3-1-4-8-15)22(26)25(21)18-9-5-2-6-10-18/h1-14,21H,24H2. The van der Waals surface area contributed by atoms with Gasteiger partial charge in [-0.1, -0.05) is 72.3 Å². The summed E-state index contributed by atoms with van der Waals surface area (Å²) in [5.74, 6) is -0.0974. The van der Waals surface area contributed by atoms with Gasteiger partial charge in [-0.15, -0.1) is 0 Å². The third kappa shape index (κ3) is 2.76. The summed E-state index contributed by atoms with van der Waals surface area (Å²) in [6.07, 6.45) is 0. The highest BCUT2D eigenvalue weighted by molar-refractivity contribution is 6.31. The van der Waals surface area contributed by atoms with E-state index in [0.29, 0.717) is 16.3 Å². The fourth-order valence-electron chi connectivity index (χ4n) is 3.36. The summed E-state index contributed by atoms with van der Waals surface area (Å²) in [4.78, 5) is 15.1. The maximum atomic E-state index is 13.3. The quantitative estimate of drug-likeness (QED) is 0.729. The first kappa shape index (κ1) is 16.4. The Morgan fingerprint density at radius 2 is 1.38 bits per heavy atom. The van der Waals surface area contributed by atoms with Crippen molar-refractivity contribution < 1.29 is 4.79 Å². The molecule has 128 valence electrons. The van der Waals surface area contributed by atoms with Crippen LogP contribution in [0, 0.1) is 0 Å². The van der Waals surface area contributed by atoms with Crippen LogP contribution < -0.4 is 10.6 Å². The molecule has 3 nitrogen and oxygen atoms in total. The monoisotopic (exact) mass is 360 g/mol. The zero-order valence-electron chi connectivity index (χ0n) is 14.0. The molecule has 0 saturated heterocycles. The topological polar surface area (TPSA) is 46.3 Å². The van der Waals surface area contributed by atoms with E-state index >= 15 is 0 Å². The van der Waals surface area contributed by atoms with Crippen molar-refractivity contribution in [1.29, 1.82) is 0 Å². The van der Waals surface area contributed by atoms with E-state index in [-0.39, 0.29) is 11.9 Å².